The van der Waals surface area contributed by atoms with Crippen LogP contribution in [0.2, 0.25) is 6.32 Å². The summed E-state index contributed by atoms with van der Waals surface area (Å²) in [7, 11) is 6.09. The van der Waals surface area contributed by atoms with E-state index in [1.165, 1.54) is 16.2 Å². The van der Waals surface area contributed by atoms with Crippen molar-refractivity contribution in [3.05, 3.63) is 12.2 Å². The van der Waals surface area contributed by atoms with Crippen LogP contribution in [0.1, 0.15) is 93.4 Å². The number of likely N-dealkylation sites (tertiary alicyclic amines) is 2. The number of hydrogen-bond acceptors (Lipinski definition) is 10. The maximum Gasteiger partial charge on any atom is 0.458 e. The Balaban J connectivity index is 0.000000281. The number of aliphatic hydroxyl groups is 2. The minimum absolute atomic E-state index is 0.0896. The fourth-order valence-electron chi connectivity index (χ4n) is 6.64. The summed E-state index contributed by atoms with van der Waals surface area (Å²) in [6, 6.07) is 0. The van der Waals surface area contributed by atoms with Gasteiger partial charge in [0.2, 0.25) is 0 Å². The van der Waals surface area contributed by atoms with Gasteiger partial charge in [0.15, 0.2) is 12.2 Å². The SMILES string of the molecule is CC(C)(C)OC(=O)N1CCC(/C=C\CO)CC1.CC(C)(C)OC(=O)N1CCC([C@H]2C[C@H]2CO)CC1.CCCCB1O[C@H](C(=O)N(C)C)[C@@H](C(=O)N(C)C)O1. The van der Waals surface area contributed by atoms with Crippen LogP contribution in [0.5, 0.6) is 0 Å². The quantitative estimate of drug-likeness (QED) is 0.250. The first-order chi connectivity index (χ1) is 25.2. The second kappa shape index (κ2) is 22.0. The molecule has 4 amide bonds. The molecule has 54 heavy (non-hydrogen) atoms. The zero-order valence-electron chi connectivity index (χ0n) is 35.0. The minimum atomic E-state index is -0.841. The molecule has 310 valence electrons. The van der Waals surface area contributed by atoms with Crippen molar-refractivity contribution >= 4 is 31.1 Å². The Labute approximate surface area is 325 Å². The van der Waals surface area contributed by atoms with Gasteiger partial charge in [-0.25, -0.2) is 9.59 Å². The molecule has 0 spiro atoms. The van der Waals surface area contributed by atoms with E-state index in [1.807, 2.05) is 52.5 Å². The first kappa shape index (κ1) is 47.3. The lowest BCUT2D eigenvalue weighted by Gasteiger charge is -2.33. The summed E-state index contributed by atoms with van der Waals surface area (Å²) in [4.78, 5) is 54.2. The smallest absolute Gasteiger partial charge is 0.444 e. The molecule has 1 aliphatic carbocycles. The van der Waals surface area contributed by atoms with Crippen LogP contribution < -0.4 is 0 Å². The molecule has 4 atom stereocenters. The zero-order chi connectivity index (χ0) is 40.8. The predicted molar refractivity (Wildman–Crippen MR) is 209 cm³/mol. The summed E-state index contributed by atoms with van der Waals surface area (Å²) in [6.45, 7) is 16.9. The van der Waals surface area contributed by atoms with Gasteiger partial charge in [0.05, 0.1) is 6.61 Å². The number of aliphatic hydroxyl groups excluding tert-OH is 2. The van der Waals surface area contributed by atoms with Gasteiger partial charge in [-0.3, -0.25) is 9.59 Å². The number of nitrogens with zero attached hydrogens (tertiary/aromatic N) is 4. The third-order valence-electron chi connectivity index (χ3n) is 9.75. The van der Waals surface area contributed by atoms with Gasteiger partial charge in [0.25, 0.3) is 11.8 Å². The number of carbonyl (C=O) groups is 4. The van der Waals surface area contributed by atoms with Crippen molar-refractivity contribution in [2.75, 3.05) is 67.6 Å². The van der Waals surface area contributed by atoms with Crippen molar-refractivity contribution in [2.24, 2.45) is 23.7 Å². The predicted octanol–water partition coefficient (Wildman–Crippen LogP) is 4.68. The number of allylic oxidation sites excluding steroid dienone is 1. The van der Waals surface area contributed by atoms with Gasteiger partial charge in [0, 0.05) is 61.0 Å². The van der Waals surface area contributed by atoms with Crippen LogP contribution >= 0.6 is 0 Å². The third kappa shape index (κ3) is 16.5. The molecule has 2 N–H and O–H groups in total. The van der Waals surface area contributed by atoms with Crippen molar-refractivity contribution < 1.29 is 48.2 Å². The van der Waals surface area contributed by atoms with Crippen LogP contribution in [-0.4, -0.2) is 152 Å². The van der Waals surface area contributed by atoms with Crippen LogP contribution in [0.15, 0.2) is 12.2 Å². The molecule has 1 saturated carbocycles. The average Bonchev–Trinajstić information content (AvgIpc) is 3.78. The normalized spacial score (nSPS) is 23.5. The van der Waals surface area contributed by atoms with E-state index >= 15 is 0 Å². The Morgan fingerprint density at radius 2 is 1.22 bits per heavy atom. The van der Waals surface area contributed by atoms with Crippen molar-refractivity contribution in [3.63, 3.8) is 0 Å². The molecule has 3 aliphatic heterocycles. The number of unbranched alkanes of at least 4 members (excludes halogenated alkanes) is 1. The monoisotopic (exact) mass is 767 g/mol. The molecule has 3 saturated heterocycles. The molecule has 0 aromatic rings. The van der Waals surface area contributed by atoms with E-state index in [2.05, 4.69) is 6.92 Å². The van der Waals surface area contributed by atoms with Crippen molar-refractivity contribution in [3.8, 4) is 0 Å². The Bertz CT molecular complexity index is 1180. The topological polar surface area (TPSA) is 159 Å². The second-order valence-corrected chi connectivity index (χ2v) is 17.2. The zero-order valence-corrected chi connectivity index (χ0v) is 35.0. The molecule has 4 fully saturated rings. The van der Waals surface area contributed by atoms with E-state index in [1.54, 1.807) is 39.2 Å². The highest BCUT2D eigenvalue weighted by Crippen LogP contribution is 2.47. The van der Waals surface area contributed by atoms with Crippen LogP contribution in [0.3, 0.4) is 0 Å². The standard InChI is InChI=1S/C14H25NO3.C13H23NO3.C12H23BN2O4/c1-14(2,3)18-13(17)15-6-4-10(5-7-15)12-8-11(12)9-16;1-13(2,3)17-12(16)14-8-6-11(7-9-14)5-4-10-15;1-6-7-8-13-18-9(11(16)14(2)3)10(19-13)12(17)15(4)5/h10-12,16H,4-9H2,1-3H3;4-5,11,15H,6-10H2,1-3H3;9-10H,6-8H2,1-5H3/b;5-4-;/t11-,12+;;9-,10-/m0.0/s1. The lowest BCUT2D eigenvalue weighted by molar-refractivity contribution is -0.146. The van der Waals surface area contributed by atoms with E-state index in [4.69, 9.17) is 29.0 Å². The van der Waals surface area contributed by atoms with Crippen molar-refractivity contribution in [1.82, 2.24) is 19.6 Å². The van der Waals surface area contributed by atoms with Gasteiger partial charge in [-0.15, -0.1) is 0 Å². The highest BCUT2D eigenvalue weighted by Gasteiger charge is 2.48. The van der Waals surface area contributed by atoms with Gasteiger partial charge in [-0.05, 0) is 104 Å². The number of rotatable bonds is 9. The molecule has 0 aromatic carbocycles. The summed E-state index contributed by atoms with van der Waals surface area (Å²) < 4.78 is 21.9. The molecular weight excluding hydrogens is 695 g/mol. The van der Waals surface area contributed by atoms with Crippen molar-refractivity contribution in [1.29, 1.82) is 0 Å². The average molecular weight is 767 g/mol. The molecule has 0 bridgehead atoms. The highest BCUT2D eigenvalue weighted by atomic mass is 16.7. The Morgan fingerprint density at radius 1 is 0.778 bits per heavy atom. The van der Waals surface area contributed by atoms with Gasteiger partial charge in [-0.1, -0.05) is 31.9 Å². The lowest BCUT2D eigenvalue weighted by Crippen LogP contribution is -2.47. The molecule has 3 heterocycles. The fourth-order valence-corrected chi connectivity index (χ4v) is 6.64. The van der Waals surface area contributed by atoms with E-state index in [0.29, 0.717) is 36.6 Å². The van der Waals surface area contributed by atoms with E-state index in [0.717, 1.165) is 64.7 Å². The van der Waals surface area contributed by atoms with Gasteiger partial charge in [0.1, 0.15) is 11.2 Å². The number of piperidine rings is 2. The van der Waals surface area contributed by atoms with Crippen LogP contribution in [-0.2, 0) is 28.4 Å². The summed E-state index contributed by atoms with van der Waals surface area (Å²) >= 11 is 0. The number of hydrogen-bond donors (Lipinski definition) is 2. The lowest BCUT2D eigenvalue weighted by atomic mass is 9.83. The van der Waals surface area contributed by atoms with Crippen molar-refractivity contribution in [2.45, 2.75) is 123 Å². The van der Waals surface area contributed by atoms with E-state index in [-0.39, 0.29) is 30.6 Å². The number of likely N-dealkylation sites (N-methyl/N-ethyl adjacent to an activating group) is 2. The molecular formula is C39H71BN4O10. The van der Waals surface area contributed by atoms with Gasteiger partial charge >= 0.3 is 19.3 Å². The van der Waals surface area contributed by atoms with E-state index in [9.17, 15) is 19.2 Å². The fraction of sp³-hybridized carbons (Fsp3) is 0.846. The summed E-state index contributed by atoms with van der Waals surface area (Å²) in [5, 5.41) is 17.8. The van der Waals surface area contributed by atoms with Crippen LogP contribution in [0.4, 0.5) is 9.59 Å². The summed E-state index contributed by atoms with van der Waals surface area (Å²) in [5.74, 6) is 1.93. The molecule has 15 heteroatoms. The number of amides is 4. The Hall–Kier alpha value is -2.88. The van der Waals surface area contributed by atoms with Gasteiger partial charge in [-0.2, -0.15) is 0 Å². The van der Waals surface area contributed by atoms with E-state index < -0.39 is 30.5 Å². The van der Waals surface area contributed by atoms with Crippen LogP contribution in [0.25, 0.3) is 0 Å². The highest BCUT2D eigenvalue weighted by molar-refractivity contribution is 6.46. The Kier molecular flexibility index (Phi) is 19.3. The summed E-state index contributed by atoms with van der Waals surface area (Å²) in [6.07, 6.45) is 9.54. The molecule has 14 nitrogen and oxygen atoms in total. The molecule has 4 rings (SSSR count). The van der Waals surface area contributed by atoms with Gasteiger partial charge < -0.3 is 48.6 Å². The summed E-state index contributed by atoms with van der Waals surface area (Å²) in [5.41, 5.74) is -0.836. The first-order valence-corrected chi connectivity index (χ1v) is 19.8. The molecule has 0 unspecified atom stereocenters. The first-order valence-electron chi connectivity index (χ1n) is 19.8. The maximum absolute atomic E-state index is 12.1. The maximum atomic E-state index is 12.1. The van der Waals surface area contributed by atoms with Crippen LogP contribution in [0, 0.1) is 23.7 Å². The second-order valence-electron chi connectivity index (χ2n) is 17.2. The Morgan fingerprint density at radius 3 is 1.57 bits per heavy atom. The minimum Gasteiger partial charge on any atom is -0.444 e. The number of carbonyl (C=O) groups excluding carboxylic acids is 4. The third-order valence-corrected chi connectivity index (χ3v) is 9.75. The molecule has 4 aliphatic rings. The molecule has 0 aromatic heterocycles. The largest absolute Gasteiger partial charge is 0.458 e. The number of ether oxygens (including phenoxy) is 2. The molecule has 0 radical (unpaired) electrons.